The van der Waals surface area contributed by atoms with Gasteiger partial charge in [-0.1, -0.05) is 11.6 Å². The summed E-state index contributed by atoms with van der Waals surface area (Å²) >= 11 is 6.32. The van der Waals surface area contributed by atoms with Crippen LogP contribution in [-0.4, -0.2) is 13.4 Å². The molecule has 1 aliphatic heterocycles. The van der Waals surface area contributed by atoms with Gasteiger partial charge in [-0.2, -0.15) is 0 Å². The van der Waals surface area contributed by atoms with Gasteiger partial charge in [0, 0.05) is 28.4 Å². The summed E-state index contributed by atoms with van der Waals surface area (Å²) in [6, 6.07) is 9.98. The molecule has 0 saturated heterocycles. The molecular weight excluding hydrogens is 322 g/mol. The summed E-state index contributed by atoms with van der Waals surface area (Å²) in [4.78, 5) is 4.45. The fraction of sp³-hybridized carbons (Fsp3) is 0. The lowest BCUT2D eigenvalue weighted by Crippen LogP contribution is -2.19. The van der Waals surface area contributed by atoms with Crippen LogP contribution >= 0.6 is 11.6 Å². The second kappa shape index (κ2) is 4.34. The van der Waals surface area contributed by atoms with E-state index in [0.717, 1.165) is 0 Å². The summed E-state index contributed by atoms with van der Waals surface area (Å²) in [6.45, 7) is 0. The summed E-state index contributed by atoms with van der Waals surface area (Å²) < 4.78 is 27.5. The van der Waals surface area contributed by atoms with Gasteiger partial charge in [-0.25, -0.2) is 8.42 Å². The normalized spacial score (nSPS) is 15.0. The standard InChI is InChI=1S/C15H10ClN3O2S/c16-12-7-11-10-6-8(17)3-4-13(10)22(20,21)19-15(11)14-9(12)2-1-5-18-14/h1-7,19H,17H2. The number of nitrogen functional groups attached to an aromatic ring is 1. The van der Waals surface area contributed by atoms with E-state index in [1.54, 1.807) is 36.5 Å². The lowest BCUT2D eigenvalue weighted by Gasteiger charge is -2.23. The second-order valence-electron chi connectivity index (χ2n) is 5.04. The van der Waals surface area contributed by atoms with Gasteiger partial charge >= 0.3 is 0 Å². The number of anilines is 2. The average Bonchev–Trinajstić information content (AvgIpc) is 2.49. The predicted octanol–water partition coefficient (Wildman–Crippen LogP) is 3.25. The number of nitrogens with two attached hydrogens (primary N) is 1. The first-order valence-corrected chi connectivity index (χ1v) is 8.33. The quantitative estimate of drug-likeness (QED) is 0.619. The summed E-state index contributed by atoms with van der Waals surface area (Å²) in [5.41, 5.74) is 8.45. The Morgan fingerprint density at radius 3 is 2.77 bits per heavy atom. The topological polar surface area (TPSA) is 85.1 Å². The van der Waals surface area contributed by atoms with Crippen LogP contribution in [0.4, 0.5) is 11.4 Å². The Morgan fingerprint density at radius 1 is 1.14 bits per heavy atom. The van der Waals surface area contributed by atoms with E-state index >= 15 is 0 Å². The minimum absolute atomic E-state index is 0.181. The van der Waals surface area contributed by atoms with Gasteiger partial charge in [-0.05, 0) is 36.4 Å². The van der Waals surface area contributed by atoms with Crippen molar-refractivity contribution in [1.29, 1.82) is 0 Å². The van der Waals surface area contributed by atoms with E-state index in [1.807, 2.05) is 0 Å². The minimum Gasteiger partial charge on any atom is -0.399 e. The number of hydrogen-bond acceptors (Lipinski definition) is 4. The van der Waals surface area contributed by atoms with Crippen LogP contribution in [0.1, 0.15) is 0 Å². The first-order valence-electron chi connectivity index (χ1n) is 6.47. The number of benzene rings is 2. The number of fused-ring (bicyclic) bond motifs is 5. The minimum atomic E-state index is -3.67. The van der Waals surface area contributed by atoms with E-state index in [1.165, 1.54) is 6.07 Å². The van der Waals surface area contributed by atoms with Gasteiger partial charge in [0.05, 0.1) is 21.1 Å². The van der Waals surface area contributed by atoms with Gasteiger partial charge in [0.25, 0.3) is 10.0 Å². The van der Waals surface area contributed by atoms with E-state index in [-0.39, 0.29) is 4.90 Å². The third-order valence-corrected chi connectivity index (χ3v) is 5.38. The van der Waals surface area contributed by atoms with Crippen LogP contribution in [0, 0.1) is 0 Å². The molecule has 2 heterocycles. The van der Waals surface area contributed by atoms with Crippen molar-refractivity contribution < 1.29 is 8.42 Å². The number of pyridine rings is 1. The molecule has 0 fully saturated rings. The van der Waals surface area contributed by atoms with E-state index in [9.17, 15) is 8.42 Å². The van der Waals surface area contributed by atoms with Gasteiger partial charge in [-0.15, -0.1) is 0 Å². The van der Waals surface area contributed by atoms with Crippen molar-refractivity contribution in [2.24, 2.45) is 0 Å². The van der Waals surface area contributed by atoms with Crippen LogP contribution in [0.2, 0.25) is 5.02 Å². The molecule has 1 aliphatic rings. The van der Waals surface area contributed by atoms with Crippen molar-refractivity contribution in [3.8, 4) is 11.1 Å². The third-order valence-electron chi connectivity index (χ3n) is 3.66. The average molecular weight is 332 g/mol. The number of hydrogen-bond donors (Lipinski definition) is 2. The highest BCUT2D eigenvalue weighted by Crippen LogP contribution is 2.45. The zero-order valence-electron chi connectivity index (χ0n) is 11.2. The number of halogens is 1. The number of nitrogens with one attached hydrogen (secondary N) is 1. The molecule has 7 heteroatoms. The molecule has 22 heavy (non-hydrogen) atoms. The molecular formula is C15H10ClN3O2S. The molecule has 0 spiro atoms. The fourth-order valence-corrected chi connectivity index (χ4v) is 4.25. The summed E-state index contributed by atoms with van der Waals surface area (Å²) in [6.07, 6.45) is 1.60. The number of rotatable bonds is 0. The summed E-state index contributed by atoms with van der Waals surface area (Å²) in [5.74, 6) is 0. The van der Waals surface area contributed by atoms with Crippen molar-refractivity contribution in [3.05, 3.63) is 47.6 Å². The van der Waals surface area contributed by atoms with Gasteiger partial charge in [0.15, 0.2) is 0 Å². The Balaban J connectivity index is 2.20. The van der Waals surface area contributed by atoms with Crippen LogP contribution in [0.3, 0.4) is 0 Å². The Bertz CT molecular complexity index is 1050. The zero-order chi connectivity index (χ0) is 15.5. The van der Waals surface area contributed by atoms with Crippen molar-refractivity contribution in [2.75, 3.05) is 10.5 Å². The van der Waals surface area contributed by atoms with Crippen LogP contribution in [0.25, 0.3) is 22.0 Å². The molecule has 3 aromatic rings. The fourth-order valence-electron chi connectivity index (χ4n) is 2.70. The molecule has 0 saturated carbocycles. The smallest absolute Gasteiger partial charge is 0.262 e. The Kier molecular flexibility index (Phi) is 2.64. The molecule has 0 unspecified atom stereocenters. The number of sulfonamides is 1. The molecule has 3 N–H and O–H groups in total. The zero-order valence-corrected chi connectivity index (χ0v) is 12.7. The van der Waals surface area contributed by atoms with Crippen LogP contribution < -0.4 is 10.5 Å². The molecule has 0 radical (unpaired) electrons. The maximum Gasteiger partial charge on any atom is 0.262 e. The molecule has 1 aromatic heterocycles. The molecule has 2 aromatic carbocycles. The third kappa shape index (κ3) is 1.77. The van der Waals surface area contributed by atoms with Crippen molar-refractivity contribution in [2.45, 2.75) is 4.90 Å². The first-order chi connectivity index (χ1) is 10.5. The summed E-state index contributed by atoms with van der Waals surface area (Å²) in [5, 5.41) is 1.20. The molecule has 110 valence electrons. The highest BCUT2D eigenvalue weighted by atomic mass is 35.5. The van der Waals surface area contributed by atoms with E-state index < -0.39 is 10.0 Å². The molecule has 5 nitrogen and oxygen atoms in total. The molecule has 0 atom stereocenters. The second-order valence-corrected chi connectivity index (χ2v) is 7.10. The monoisotopic (exact) mass is 331 g/mol. The van der Waals surface area contributed by atoms with Gasteiger partial charge in [0.2, 0.25) is 0 Å². The maximum atomic E-state index is 12.5. The van der Waals surface area contributed by atoms with Crippen molar-refractivity contribution in [1.82, 2.24) is 4.98 Å². The van der Waals surface area contributed by atoms with Crippen LogP contribution in [-0.2, 0) is 10.0 Å². The molecule has 0 aliphatic carbocycles. The van der Waals surface area contributed by atoms with Gasteiger partial charge in [-0.3, -0.25) is 9.71 Å². The van der Waals surface area contributed by atoms with E-state index in [4.69, 9.17) is 17.3 Å². The van der Waals surface area contributed by atoms with Gasteiger partial charge < -0.3 is 5.73 Å². The predicted molar refractivity (Wildman–Crippen MR) is 87.4 cm³/mol. The van der Waals surface area contributed by atoms with Gasteiger partial charge in [0.1, 0.15) is 0 Å². The van der Waals surface area contributed by atoms with Crippen LogP contribution in [0.15, 0.2) is 47.5 Å². The largest absolute Gasteiger partial charge is 0.399 e. The Labute approximate surface area is 131 Å². The first kappa shape index (κ1) is 13.4. The molecule has 0 bridgehead atoms. The van der Waals surface area contributed by atoms with Crippen molar-refractivity contribution >= 4 is 43.9 Å². The summed E-state index contributed by atoms with van der Waals surface area (Å²) in [7, 11) is -3.67. The number of aromatic nitrogens is 1. The van der Waals surface area contributed by atoms with E-state index in [2.05, 4.69) is 9.71 Å². The van der Waals surface area contributed by atoms with E-state index in [0.29, 0.717) is 38.4 Å². The Hall–Kier alpha value is -2.31. The highest BCUT2D eigenvalue weighted by molar-refractivity contribution is 7.93. The van der Waals surface area contributed by atoms with Crippen molar-refractivity contribution in [3.63, 3.8) is 0 Å². The highest BCUT2D eigenvalue weighted by Gasteiger charge is 2.29. The lowest BCUT2D eigenvalue weighted by molar-refractivity contribution is 0.601. The Morgan fingerprint density at radius 2 is 1.95 bits per heavy atom. The number of nitrogens with zero attached hydrogens (tertiary/aromatic N) is 1. The SMILES string of the molecule is Nc1ccc2c(c1)-c1cc(Cl)c3cccnc3c1NS2(=O)=O. The maximum absolute atomic E-state index is 12.5. The lowest BCUT2D eigenvalue weighted by atomic mass is 10.0. The molecule has 0 amide bonds. The molecule has 4 rings (SSSR count). The van der Waals surface area contributed by atoms with Crippen LogP contribution in [0.5, 0.6) is 0 Å².